The van der Waals surface area contributed by atoms with Crippen LogP contribution in [0.25, 0.3) is 0 Å². The van der Waals surface area contributed by atoms with E-state index < -0.39 is 0 Å². The van der Waals surface area contributed by atoms with E-state index in [4.69, 9.17) is 4.42 Å². The first kappa shape index (κ1) is 6.79. The number of aromatic nitrogens is 2. The zero-order valence-corrected chi connectivity index (χ0v) is 6.50. The zero-order chi connectivity index (χ0) is 7.68. The summed E-state index contributed by atoms with van der Waals surface area (Å²) in [5.41, 5.74) is 0. The van der Waals surface area contributed by atoms with Gasteiger partial charge in [-0.3, -0.25) is 0 Å². The number of hydrogen-bond donors (Lipinski definition) is 1. The standard InChI is InChI=1S/C7H11N3O/c1-2-6-9-10-7(11-6)5-3-8-4-5/h5,8H,2-4H2,1H3. The smallest absolute Gasteiger partial charge is 0.222 e. The van der Waals surface area contributed by atoms with Gasteiger partial charge in [0.15, 0.2) is 0 Å². The van der Waals surface area contributed by atoms with Crippen molar-refractivity contribution in [2.24, 2.45) is 0 Å². The topological polar surface area (TPSA) is 51.0 Å². The van der Waals surface area contributed by atoms with Crippen LogP contribution >= 0.6 is 0 Å². The normalized spacial score (nSPS) is 18.3. The molecule has 1 aliphatic heterocycles. The van der Waals surface area contributed by atoms with Gasteiger partial charge in [-0.1, -0.05) is 6.92 Å². The summed E-state index contributed by atoms with van der Waals surface area (Å²) >= 11 is 0. The van der Waals surface area contributed by atoms with Crippen molar-refractivity contribution in [2.45, 2.75) is 19.3 Å². The molecule has 0 radical (unpaired) electrons. The maximum atomic E-state index is 5.37. The quantitative estimate of drug-likeness (QED) is 0.664. The van der Waals surface area contributed by atoms with E-state index in [1.54, 1.807) is 0 Å². The van der Waals surface area contributed by atoms with Crippen molar-refractivity contribution >= 4 is 0 Å². The highest BCUT2D eigenvalue weighted by Crippen LogP contribution is 2.17. The predicted molar refractivity (Wildman–Crippen MR) is 39.3 cm³/mol. The Bertz CT molecular complexity index is 242. The van der Waals surface area contributed by atoms with Gasteiger partial charge in [0.2, 0.25) is 11.8 Å². The number of nitrogens with zero attached hydrogens (tertiary/aromatic N) is 2. The van der Waals surface area contributed by atoms with Crippen molar-refractivity contribution in [3.8, 4) is 0 Å². The van der Waals surface area contributed by atoms with Gasteiger partial charge in [-0.2, -0.15) is 0 Å². The van der Waals surface area contributed by atoms with Crippen molar-refractivity contribution in [2.75, 3.05) is 13.1 Å². The summed E-state index contributed by atoms with van der Waals surface area (Å²) in [6, 6.07) is 0. The molecule has 0 saturated carbocycles. The fourth-order valence-corrected chi connectivity index (χ4v) is 1.04. The van der Waals surface area contributed by atoms with Crippen LogP contribution in [-0.2, 0) is 6.42 Å². The lowest BCUT2D eigenvalue weighted by atomic mass is 10.0. The van der Waals surface area contributed by atoms with E-state index in [0.717, 1.165) is 31.3 Å². The van der Waals surface area contributed by atoms with Crippen LogP contribution in [0, 0.1) is 0 Å². The molecule has 0 aromatic carbocycles. The van der Waals surface area contributed by atoms with Gasteiger partial charge in [0.1, 0.15) is 0 Å². The number of nitrogens with one attached hydrogen (secondary N) is 1. The van der Waals surface area contributed by atoms with E-state index in [2.05, 4.69) is 15.5 Å². The van der Waals surface area contributed by atoms with Crippen molar-refractivity contribution < 1.29 is 4.42 Å². The summed E-state index contributed by atoms with van der Waals surface area (Å²) in [6.45, 7) is 3.97. The molecule has 4 heteroatoms. The van der Waals surface area contributed by atoms with Crippen LogP contribution in [0.1, 0.15) is 24.6 Å². The fourth-order valence-electron chi connectivity index (χ4n) is 1.04. The molecule has 60 valence electrons. The van der Waals surface area contributed by atoms with Crippen LogP contribution in [-0.4, -0.2) is 23.3 Å². The van der Waals surface area contributed by atoms with Gasteiger partial charge in [-0.25, -0.2) is 0 Å². The summed E-state index contributed by atoms with van der Waals surface area (Å²) in [5, 5.41) is 11.0. The molecule has 1 fully saturated rings. The third-order valence-corrected chi connectivity index (χ3v) is 1.92. The van der Waals surface area contributed by atoms with Gasteiger partial charge in [0, 0.05) is 19.5 Å². The fraction of sp³-hybridized carbons (Fsp3) is 0.714. The van der Waals surface area contributed by atoms with Crippen molar-refractivity contribution in [3.05, 3.63) is 11.8 Å². The highest BCUT2D eigenvalue weighted by Gasteiger charge is 2.24. The molecule has 0 bridgehead atoms. The Morgan fingerprint density at radius 1 is 1.55 bits per heavy atom. The molecule has 0 atom stereocenters. The van der Waals surface area contributed by atoms with E-state index in [-0.39, 0.29) is 0 Å². The summed E-state index contributed by atoms with van der Waals surface area (Å²) < 4.78 is 5.37. The molecule has 0 unspecified atom stereocenters. The monoisotopic (exact) mass is 153 g/mol. The highest BCUT2D eigenvalue weighted by atomic mass is 16.4. The predicted octanol–water partition coefficient (Wildman–Crippen LogP) is 0.319. The Balaban J connectivity index is 2.11. The van der Waals surface area contributed by atoms with E-state index in [0.29, 0.717) is 5.92 Å². The second-order valence-electron chi connectivity index (χ2n) is 2.74. The lowest BCUT2D eigenvalue weighted by molar-refractivity contribution is 0.346. The van der Waals surface area contributed by atoms with Gasteiger partial charge >= 0.3 is 0 Å². The molecule has 2 rings (SSSR count). The first-order valence-corrected chi connectivity index (χ1v) is 3.93. The van der Waals surface area contributed by atoms with Crippen LogP contribution in [0.5, 0.6) is 0 Å². The van der Waals surface area contributed by atoms with Crippen LogP contribution in [0.2, 0.25) is 0 Å². The second kappa shape index (κ2) is 2.62. The third kappa shape index (κ3) is 1.14. The maximum Gasteiger partial charge on any atom is 0.222 e. The first-order valence-electron chi connectivity index (χ1n) is 3.93. The minimum atomic E-state index is 0.461. The molecule has 4 nitrogen and oxygen atoms in total. The van der Waals surface area contributed by atoms with Crippen LogP contribution in [0.4, 0.5) is 0 Å². The molecule has 11 heavy (non-hydrogen) atoms. The molecule has 0 aliphatic carbocycles. The first-order chi connectivity index (χ1) is 5.40. The molecule has 2 heterocycles. The SMILES string of the molecule is CCc1nnc(C2CNC2)o1. The Hall–Kier alpha value is -0.900. The third-order valence-electron chi connectivity index (χ3n) is 1.92. The lowest BCUT2D eigenvalue weighted by Crippen LogP contribution is -2.40. The Kier molecular flexibility index (Phi) is 1.62. The largest absolute Gasteiger partial charge is 0.425 e. The average molecular weight is 153 g/mol. The summed E-state index contributed by atoms with van der Waals surface area (Å²) in [6.07, 6.45) is 0.827. The minimum Gasteiger partial charge on any atom is -0.425 e. The maximum absolute atomic E-state index is 5.37. The van der Waals surface area contributed by atoms with E-state index in [1.165, 1.54) is 0 Å². The lowest BCUT2D eigenvalue weighted by Gasteiger charge is -2.22. The van der Waals surface area contributed by atoms with Crippen molar-refractivity contribution in [1.82, 2.24) is 15.5 Å². The second-order valence-corrected chi connectivity index (χ2v) is 2.74. The Morgan fingerprint density at radius 2 is 2.36 bits per heavy atom. The number of aryl methyl sites for hydroxylation is 1. The molecule has 1 saturated heterocycles. The van der Waals surface area contributed by atoms with Gasteiger partial charge < -0.3 is 9.73 Å². The van der Waals surface area contributed by atoms with Crippen molar-refractivity contribution in [3.63, 3.8) is 0 Å². The van der Waals surface area contributed by atoms with E-state index in [9.17, 15) is 0 Å². The molecule has 1 N–H and O–H groups in total. The van der Waals surface area contributed by atoms with E-state index >= 15 is 0 Å². The Morgan fingerprint density at radius 3 is 2.82 bits per heavy atom. The Labute approximate surface area is 65.0 Å². The molecule has 0 amide bonds. The van der Waals surface area contributed by atoms with Gasteiger partial charge in [-0.15, -0.1) is 10.2 Å². The van der Waals surface area contributed by atoms with Crippen LogP contribution in [0.3, 0.4) is 0 Å². The summed E-state index contributed by atoms with van der Waals surface area (Å²) in [7, 11) is 0. The van der Waals surface area contributed by atoms with Gasteiger partial charge in [0.25, 0.3) is 0 Å². The minimum absolute atomic E-state index is 0.461. The molecular weight excluding hydrogens is 142 g/mol. The van der Waals surface area contributed by atoms with Gasteiger partial charge in [-0.05, 0) is 0 Å². The zero-order valence-electron chi connectivity index (χ0n) is 6.50. The summed E-state index contributed by atoms with van der Waals surface area (Å²) in [5.74, 6) is 2.00. The van der Waals surface area contributed by atoms with Crippen molar-refractivity contribution in [1.29, 1.82) is 0 Å². The average Bonchev–Trinajstić information content (AvgIpc) is 2.32. The molecule has 1 aliphatic rings. The number of rotatable bonds is 2. The van der Waals surface area contributed by atoms with Gasteiger partial charge in [0.05, 0.1) is 5.92 Å². The van der Waals surface area contributed by atoms with Crippen LogP contribution in [0.15, 0.2) is 4.42 Å². The molecule has 1 aromatic rings. The summed E-state index contributed by atoms with van der Waals surface area (Å²) in [4.78, 5) is 0. The van der Waals surface area contributed by atoms with Crippen LogP contribution < -0.4 is 5.32 Å². The molecule has 1 aromatic heterocycles. The highest BCUT2D eigenvalue weighted by molar-refractivity contribution is 4.99. The molecule has 0 spiro atoms. The molecular formula is C7H11N3O. The van der Waals surface area contributed by atoms with E-state index in [1.807, 2.05) is 6.92 Å². The number of hydrogen-bond acceptors (Lipinski definition) is 4.